The van der Waals surface area contributed by atoms with E-state index in [0.29, 0.717) is 6.61 Å². The first-order valence-electron chi connectivity index (χ1n) is 27.1. The Morgan fingerprint density at radius 2 is 0.803 bits per heavy atom. The highest BCUT2D eigenvalue weighted by atomic mass is 16.7. The van der Waals surface area contributed by atoms with Gasteiger partial charge in [0.1, 0.15) is 54.9 Å². The molecule has 66 heavy (non-hydrogen) atoms. The van der Waals surface area contributed by atoms with Crippen LogP contribution in [0.5, 0.6) is 0 Å². The van der Waals surface area contributed by atoms with Crippen molar-refractivity contribution < 1.29 is 69.0 Å². The van der Waals surface area contributed by atoms with Crippen LogP contribution in [0.25, 0.3) is 0 Å². The maximum atomic E-state index is 13.0. The fourth-order valence-corrected chi connectivity index (χ4v) is 8.93. The van der Waals surface area contributed by atoms with Gasteiger partial charge in [-0.2, -0.15) is 0 Å². The highest BCUT2D eigenvalue weighted by Crippen LogP contribution is 2.27. The van der Waals surface area contributed by atoms with Crippen LogP contribution in [0.3, 0.4) is 0 Å². The van der Waals surface area contributed by atoms with Crippen LogP contribution in [-0.4, -0.2) is 142 Å². The van der Waals surface area contributed by atoms with Gasteiger partial charge in [-0.25, -0.2) is 0 Å². The first-order chi connectivity index (χ1) is 32.1. The molecule has 14 nitrogen and oxygen atoms in total. The van der Waals surface area contributed by atoms with Gasteiger partial charge in [0.25, 0.3) is 0 Å². The summed E-state index contributed by atoms with van der Waals surface area (Å²) >= 11 is 0. The zero-order valence-corrected chi connectivity index (χ0v) is 41.7. The zero-order valence-electron chi connectivity index (χ0n) is 41.7. The molecule has 0 aromatic rings. The van der Waals surface area contributed by atoms with Crippen molar-refractivity contribution in [2.45, 2.75) is 293 Å². The molecule has 2 saturated heterocycles. The van der Waals surface area contributed by atoms with Gasteiger partial charge in [-0.1, -0.05) is 206 Å². The summed E-state index contributed by atoms with van der Waals surface area (Å²) in [6.07, 6.45) is 24.8. The smallest absolute Gasteiger partial charge is 0.306 e. The quantitative estimate of drug-likeness (QED) is 0.0226. The molecule has 0 aliphatic carbocycles. The number of hydrogen-bond acceptors (Lipinski definition) is 14. The Morgan fingerprint density at radius 3 is 1.23 bits per heavy atom. The molecule has 2 aliphatic rings. The number of aliphatic hydroxyl groups excluding tert-OH is 7. The molecule has 2 heterocycles. The number of aliphatic hydroxyl groups is 7. The largest absolute Gasteiger partial charge is 0.457 e. The molecule has 0 aromatic carbocycles. The minimum Gasteiger partial charge on any atom is -0.457 e. The Morgan fingerprint density at radius 1 is 0.439 bits per heavy atom. The van der Waals surface area contributed by atoms with Gasteiger partial charge in [0.05, 0.1) is 26.4 Å². The molecule has 11 unspecified atom stereocenters. The van der Waals surface area contributed by atoms with Crippen molar-refractivity contribution in [3.63, 3.8) is 0 Å². The van der Waals surface area contributed by atoms with E-state index in [1.165, 1.54) is 161 Å². The third-order valence-corrected chi connectivity index (χ3v) is 13.4. The Kier molecular flexibility index (Phi) is 37.7. The Balaban J connectivity index is 1.64. The molecule has 0 amide bonds. The predicted molar refractivity (Wildman–Crippen MR) is 257 cm³/mol. The van der Waals surface area contributed by atoms with Gasteiger partial charge < -0.3 is 64.2 Å². The number of hydrogen-bond donors (Lipinski definition) is 7. The number of rotatable bonds is 44. The summed E-state index contributed by atoms with van der Waals surface area (Å²) < 4.78 is 34.2. The minimum atomic E-state index is -1.70. The van der Waals surface area contributed by atoms with E-state index in [0.717, 1.165) is 44.9 Å². The fraction of sp³-hybridized carbons (Fsp3) is 0.981. The lowest BCUT2D eigenvalue weighted by Crippen LogP contribution is -2.61. The number of carbonyl (C=O) groups is 1. The summed E-state index contributed by atoms with van der Waals surface area (Å²) in [5, 5.41) is 72.0. The van der Waals surface area contributed by atoms with Gasteiger partial charge in [-0.3, -0.25) is 4.79 Å². The molecule has 0 radical (unpaired) electrons. The van der Waals surface area contributed by atoms with E-state index in [1.54, 1.807) is 0 Å². The monoisotopic (exact) mass is 949 g/mol. The molecule has 0 aromatic heterocycles. The summed E-state index contributed by atoms with van der Waals surface area (Å²) in [4.78, 5) is 13.0. The topological polar surface area (TPSA) is 214 Å². The molecule has 0 spiro atoms. The number of unbranched alkanes of at least 4 members (excludes halogenated alkanes) is 30. The lowest BCUT2D eigenvalue weighted by Gasteiger charge is -2.42. The molecule has 0 saturated carbocycles. The van der Waals surface area contributed by atoms with Crippen molar-refractivity contribution in [2.75, 3.05) is 33.0 Å². The number of ether oxygens (including phenoxy) is 6. The molecule has 0 bridgehead atoms. The van der Waals surface area contributed by atoms with Crippen LogP contribution < -0.4 is 0 Å². The van der Waals surface area contributed by atoms with E-state index in [1.807, 2.05) is 0 Å². The Hall–Kier alpha value is -1.01. The van der Waals surface area contributed by atoms with Crippen molar-refractivity contribution in [3.05, 3.63) is 0 Å². The van der Waals surface area contributed by atoms with E-state index >= 15 is 0 Å². The van der Waals surface area contributed by atoms with E-state index in [4.69, 9.17) is 28.4 Å². The van der Waals surface area contributed by atoms with Gasteiger partial charge in [0, 0.05) is 13.0 Å². The van der Waals surface area contributed by atoms with E-state index in [-0.39, 0.29) is 25.6 Å². The maximum absolute atomic E-state index is 13.0. The summed E-state index contributed by atoms with van der Waals surface area (Å²) in [7, 11) is 0. The Bertz CT molecular complexity index is 1100. The first-order valence-corrected chi connectivity index (χ1v) is 27.1. The van der Waals surface area contributed by atoms with E-state index < -0.39 is 80.7 Å². The third-order valence-electron chi connectivity index (χ3n) is 13.4. The van der Waals surface area contributed by atoms with Crippen LogP contribution in [0.4, 0.5) is 0 Å². The van der Waals surface area contributed by atoms with Crippen LogP contribution in [-0.2, 0) is 33.2 Å². The highest BCUT2D eigenvalue weighted by molar-refractivity contribution is 5.69. The van der Waals surface area contributed by atoms with Crippen molar-refractivity contribution in [1.29, 1.82) is 0 Å². The highest BCUT2D eigenvalue weighted by Gasteiger charge is 2.47. The normalized spacial score (nSPS) is 26.2. The number of esters is 1. The summed E-state index contributed by atoms with van der Waals surface area (Å²) in [6, 6.07) is 0. The van der Waals surface area contributed by atoms with Gasteiger partial charge in [0.15, 0.2) is 12.6 Å². The van der Waals surface area contributed by atoms with Gasteiger partial charge in [-0.05, 0) is 12.8 Å². The second-order valence-corrected chi connectivity index (χ2v) is 19.4. The van der Waals surface area contributed by atoms with Crippen LogP contribution in [0.15, 0.2) is 0 Å². The van der Waals surface area contributed by atoms with Crippen LogP contribution in [0.2, 0.25) is 0 Å². The molecule has 392 valence electrons. The van der Waals surface area contributed by atoms with Gasteiger partial charge in [0.2, 0.25) is 0 Å². The molecule has 14 heteroatoms. The van der Waals surface area contributed by atoms with Crippen molar-refractivity contribution >= 4 is 5.97 Å². The second-order valence-electron chi connectivity index (χ2n) is 19.4. The first kappa shape index (κ1) is 61.1. The molecule has 11 atom stereocenters. The molecular weight excluding hydrogens is 849 g/mol. The minimum absolute atomic E-state index is 0.0688. The average molecular weight is 949 g/mol. The second kappa shape index (κ2) is 40.7. The SMILES string of the molecule is CCCCCCCCCCCCCCCCCCCCCCCCCCC(=O)OC(COCCCCCCCCCC)COC1OC(COC2OC(CO)C(O)C(O)C2O)C(O)C(O)C1O. The van der Waals surface area contributed by atoms with Crippen molar-refractivity contribution in [3.8, 4) is 0 Å². The molecular formula is C52H100O14. The number of carbonyl (C=O) groups excluding carboxylic acids is 1. The van der Waals surface area contributed by atoms with Crippen LogP contribution >= 0.6 is 0 Å². The Labute approximate surface area is 400 Å². The summed E-state index contributed by atoms with van der Waals surface area (Å²) in [6.45, 7) is 3.71. The zero-order chi connectivity index (χ0) is 48.0. The van der Waals surface area contributed by atoms with Crippen molar-refractivity contribution in [2.24, 2.45) is 0 Å². The van der Waals surface area contributed by atoms with E-state index in [2.05, 4.69) is 13.8 Å². The fourth-order valence-electron chi connectivity index (χ4n) is 8.93. The van der Waals surface area contributed by atoms with Gasteiger partial charge >= 0.3 is 5.97 Å². The van der Waals surface area contributed by atoms with Crippen molar-refractivity contribution in [1.82, 2.24) is 0 Å². The van der Waals surface area contributed by atoms with Crippen LogP contribution in [0, 0.1) is 0 Å². The third kappa shape index (κ3) is 28.0. The molecule has 2 aliphatic heterocycles. The summed E-state index contributed by atoms with van der Waals surface area (Å²) in [5.74, 6) is -0.371. The lowest BCUT2D eigenvalue weighted by atomic mass is 9.98. The van der Waals surface area contributed by atoms with Gasteiger partial charge in [-0.15, -0.1) is 0 Å². The average Bonchev–Trinajstić information content (AvgIpc) is 3.31. The molecule has 2 rings (SSSR count). The standard InChI is InChI=1S/C52H100O14/c1-3-5-7-9-11-13-14-15-16-17-18-19-20-21-22-23-24-25-26-27-28-29-31-33-35-44(54)64-41(38-61-36-34-32-30-12-10-8-6-4-2)39-62-51-50(60)48(58)46(56)43(66-51)40-63-52-49(59)47(57)45(55)42(37-53)65-52/h41-43,45-53,55-60H,3-40H2,1-2H3. The lowest BCUT2D eigenvalue weighted by molar-refractivity contribution is -0.332. The van der Waals surface area contributed by atoms with Crippen LogP contribution in [0.1, 0.15) is 226 Å². The maximum Gasteiger partial charge on any atom is 0.306 e. The molecule has 2 fully saturated rings. The predicted octanol–water partition coefficient (Wildman–Crippen LogP) is 8.47. The molecule has 7 N–H and O–H groups in total. The summed E-state index contributed by atoms with van der Waals surface area (Å²) in [5.41, 5.74) is 0. The van der Waals surface area contributed by atoms with E-state index in [9.17, 15) is 40.5 Å².